The first kappa shape index (κ1) is 21.5. The molecule has 4 rings (SSSR count). The van der Waals surface area contributed by atoms with Crippen LogP contribution < -0.4 is 20.9 Å². The predicted molar refractivity (Wildman–Crippen MR) is 128 cm³/mol. The molecule has 4 aromatic rings. The summed E-state index contributed by atoms with van der Waals surface area (Å²) in [6, 6.07) is 20.6. The zero-order valence-corrected chi connectivity index (χ0v) is 18.6. The molecule has 164 valence electrons. The van der Waals surface area contributed by atoms with Gasteiger partial charge in [0.1, 0.15) is 12.0 Å². The largest absolute Gasteiger partial charge is 0.393 e. The average molecular weight is 449 g/mol. The first-order chi connectivity index (χ1) is 15.4. The van der Waals surface area contributed by atoms with E-state index in [1.54, 1.807) is 12.1 Å². The number of hydrogen-bond donors (Lipinski definition) is 3. The van der Waals surface area contributed by atoms with E-state index in [9.17, 15) is 8.42 Å². The third kappa shape index (κ3) is 4.20. The highest BCUT2D eigenvalue weighted by Crippen LogP contribution is 2.35. The summed E-state index contributed by atoms with van der Waals surface area (Å²) in [4.78, 5) is 12.9. The zero-order valence-electron chi connectivity index (χ0n) is 17.8. The first-order valence-electron chi connectivity index (χ1n) is 10.1. The van der Waals surface area contributed by atoms with Crippen molar-refractivity contribution in [2.45, 2.75) is 18.7 Å². The molecule has 0 aliphatic heterocycles. The molecule has 1 heterocycles. The van der Waals surface area contributed by atoms with E-state index in [4.69, 9.17) is 5.73 Å². The van der Waals surface area contributed by atoms with Crippen molar-refractivity contribution in [1.82, 2.24) is 14.8 Å². The normalized spacial score (nSPS) is 11.4. The highest BCUT2D eigenvalue weighted by atomic mass is 32.2. The molecule has 0 unspecified atom stereocenters. The quantitative estimate of drug-likeness (QED) is 0.366. The van der Waals surface area contributed by atoms with Crippen molar-refractivity contribution in [2.75, 3.05) is 22.6 Å². The summed E-state index contributed by atoms with van der Waals surface area (Å²) in [7, 11) is -3.80. The molecular formula is C23H24N6O2S. The van der Waals surface area contributed by atoms with Gasteiger partial charge < -0.3 is 10.6 Å². The Labute approximate surface area is 187 Å². The van der Waals surface area contributed by atoms with Crippen molar-refractivity contribution in [3.8, 4) is 0 Å². The second kappa shape index (κ2) is 8.81. The van der Waals surface area contributed by atoms with E-state index in [1.165, 1.54) is 18.5 Å². The molecule has 1 aromatic heterocycles. The number of sulfonamides is 1. The number of nitrogens with one attached hydrogen (secondary N) is 2. The maximum Gasteiger partial charge on any atom is 0.257 e. The number of rotatable bonds is 7. The minimum atomic E-state index is -3.80. The standard InChI is InChI=1S/C23H24N6O2S/c1-3-29(20-10-6-8-17-7-4-5-9-19(17)20)23-21(24)22(25-15-26-23)27-28-32(30,31)18-13-11-16(2)12-14-18/h4-15,28H,3,24H2,1-2H3,(H,25,26,27). The van der Waals surface area contributed by atoms with Crippen LogP contribution in [0.5, 0.6) is 0 Å². The van der Waals surface area contributed by atoms with Crippen LogP contribution in [0.1, 0.15) is 12.5 Å². The van der Waals surface area contributed by atoms with Gasteiger partial charge in [-0.25, -0.2) is 18.4 Å². The fourth-order valence-electron chi connectivity index (χ4n) is 3.47. The third-order valence-corrected chi connectivity index (χ3v) is 6.39. The van der Waals surface area contributed by atoms with Crippen LogP contribution in [0.3, 0.4) is 0 Å². The summed E-state index contributed by atoms with van der Waals surface area (Å²) in [5.74, 6) is 0.653. The van der Waals surface area contributed by atoms with Crippen LogP contribution in [0.15, 0.2) is 78.0 Å². The van der Waals surface area contributed by atoms with Gasteiger partial charge in [-0.2, -0.15) is 0 Å². The lowest BCUT2D eigenvalue weighted by Crippen LogP contribution is -2.31. The summed E-state index contributed by atoms with van der Waals surface area (Å²) in [5.41, 5.74) is 11.1. The van der Waals surface area contributed by atoms with Gasteiger partial charge in [0.15, 0.2) is 11.6 Å². The van der Waals surface area contributed by atoms with Crippen molar-refractivity contribution >= 4 is 43.8 Å². The Bertz CT molecular complexity index is 1350. The van der Waals surface area contributed by atoms with Crippen molar-refractivity contribution in [3.63, 3.8) is 0 Å². The highest BCUT2D eigenvalue weighted by molar-refractivity contribution is 7.89. The Morgan fingerprint density at radius 3 is 2.44 bits per heavy atom. The number of hydrogen-bond acceptors (Lipinski definition) is 7. The summed E-state index contributed by atoms with van der Waals surface area (Å²) in [5, 5.41) is 2.16. The van der Waals surface area contributed by atoms with E-state index < -0.39 is 10.0 Å². The lowest BCUT2D eigenvalue weighted by atomic mass is 10.1. The molecule has 4 N–H and O–H groups in total. The number of fused-ring (bicyclic) bond motifs is 1. The van der Waals surface area contributed by atoms with E-state index in [0.717, 1.165) is 22.0 Å². The molecule has 0 radical (unpaired) electrons. The van der Waals surface area contributed by atoms with Crippen LogP contribution in [0.2, 0.25) is 0 Å². The molecule has 0 saturated carbocycles. The maximum atomic E-state index is 12.6. The third-order valence-electron chi connectivity index (χ3n) is 5.13. The van der Waals surface area contributed by atoms with Crippen molar-refractivity contribution in [2.24, 2.45) is 0 Å². The number of aromatic nitrogens is 2. The van der Waals surface area contributed by atoms with Crippen LogP contribution in [0, 0.1) is 6.92 Å². The monoisotopic (exact) mass is 448 g/mol. The summed E-state index contributed by atoms with van der Waals surface area (Å²) >= 11 is 0. The summed E-state index contributed by atoms with van der Waals surface area (Å²) in [6.07, 6.45) is 1.35. The molecule has 8 nitrogen and oxygen atoms in total. The minimum Gasteiger partial charge on any atom is -0.393 e. The fraction of sp³-hybridized carbons (Fsp3) is 0.130. The van der Waals surface area contributed by atoms with Crippen LogP contribution >= 0.6 is 0 Å². The molecule has 0 atom stereocenters. The molecule has 0 bridgehead atoms. The second-order valence-electron chi connectivity index (χ2n) is 7.25. The van der Waals surface area contributed by atoms with E-state index in [0.29, 0.717) is 12.4 Å². The molecular weight excluding hydrogens is 424 g/mol. The van der Waals surface area contributed by atoms with Crippen LogP contribution in [-0.4, -0.2) is 24.9 Å². The van der Waals surface area contributed by atoms with E-state index in [-0.39, 0.29) is 16.4 Å². The van der Waals surface area contributed by atoms with Gasteiger partial charge in [-0.05, 0) is 37.4 Å². The van der Waals surface area contributed by atoms with Gasteiger partial charge in [-0.3, -0.25) is 5.43 Å². The Morgan fingerprint density at radius 1 is 0.969 bits per heavy atom. The Balaban J connectivity index is 1.65. The molecule has 0 spiro atoms. The molecule has 0 aliphatic rings. The lowest BCUT2D eigenvalue weighted by molar-refractivity contribution is 0.587. The Morgan fingerprint density at radius 2 is 1.69 bits per heavy atom. The SMILES string of the molecule is CCN(c1ncnc(NNS(=O)(=O)c2ccc(C)cc2)c1N)c1cccc2ccccc12. The number of aryl methyl sites for hydroxylation is 1. The van der Waals surface area contributed by atoms with Gasteiger partial charge in [-0.15, -0.1) is 4.83 Å². The van der Waals surface area contributed by atoms with Crippen molar-refractivity contribution in [1.29, 1.82) is 0 Å². The Kier molecular flexibility index (Phi) is 5.93. The van der Waals surface area contributed by atoms with Crippen LogP contribution in [0.4, 0.5) is 23.0 Å². The smallest absolute Gasteiger partial charge is 0.257 e. The van der Waals surface area contributed by atoms with E-state index in [2.05, 4.69) is 20.2 Å². The van der Waals surface area contributed by atoms with E-state index in [1.807, 2.05) is 61.2 Å². The molecule has 0 aliphatic carbocycles. The summed E-state index contributed by atoms with van der Waals surface area (Å²) < 4.78 is 25.2. The van der Waals surface area contributed by atoms with Gasteiger partial charge in [-0.1, -0.05) is 54.1 Å². The molecule has 0 fully saturated rings. The average Bonchev–Trinajstić information content (AvgIpc) is 2.80. The van der Waals surface area contributed by atoms with Gasteiger partial charge in [0, 0.05) is 11.9 Å². The molecule has 3 aromatic carbocycles. The van der Waals surface area contributed by atoms with Crippen LogP contribution in [0.25, 0.3) is 10.8 Å². The lowest BCUT2D eigenvalue weighted by Gasteiger charge is -2.25. The first-order valence-corrected chi connectivity index (χ1v) is 11.6. The van der Waals surface area contributed by atoms with Gasteiger partial charge in [0.2, 0.25) is 0 Å². The van der Waals surface area contributed by atoms with Gasteiger partial charge in [0.05, 0.1) is 10.6 Å². The molecule has 9 heteroatoms. The minimum absolute atomic E-state index is 0.134. The number of nitrogens with zero attached hydrogens (tertiary/aromatic N) is 3. The predicted octanol–water partition coefficient (Wildman–Crippen LogP) is 3.98. The topological polar surface area (TPSA) is 113 Å². The van der Waals surface area contributed by atoms with Crippen LogP contribution in [-0.2, 0) is 10.0 Å². The highest BCUT2D eigenvalue weighted by Gasteiger charge is 2.19. The number of benzene rings is 3. The number of anilines is 4. The summed E-state index contributed by atoms with van der Waals surface area (Å²) in [6.45, 7) is 4.49. The Hall–Kier alpha value is -3.69. The number of nitrogen functional groups attached to an aromatic ring is 1. The molecule has 0 amide bonds. The van der Waals surface area contributed by atoms with Crippen molar-refractivity contribution in [3.05, 3.63) is 78.6 Å². The number of hydrazine groups is 1. The van der Waals surface area contributed by atoms with Gasteiger partial charge in [0.25, 0.3) is 10.0 Å². The molecule has 0 saturated heterocycles. The van der Waals surface area contributed by atoms with Gasteiger partial charge >= 0.3 is 0 Å². The zero-order chi connectivity index (χ0) is 22.7. The second-order valence-corrected chi connectivity index (χ2v) is 8.93. The van der Waals surface area contributed by atoms with E-state index >= 15 is 0 Å². The fourth-order valence-corrected chi connectivity index (χ4v) is 4.31. The number of nitrogens with two attached hydrogens (primary N) is 1. The molecule has 32 heavy (non-hydrogen) atoms. The maximum absolute atomic E-state index is 12.6. The van der Waals surface area contributed by atoms with Crippen molar-refractivity contribution < 1.29 is 8.42 Å².